The molecule has 2 atom stereocenters. The zero-order chi connectivity index (χ0) is 14.6. The van der Waals surface area contributed by atoms with Gasteiger partial charge in [-0.3, -0.25) is 0 Å². The van der Waals surface area contributed by atoms with Gasteiger partial charge in [-0.15, -0.1) is 0 Å². The first kappa shape index (κ1) is 16.2. The fourth-order valence-electron chi connectivity index (χ4n) is 2.07. The van der Waals surface area contributed by atoms with Gasteiger partial charge in [-0.25, -0.2) is 8.42 Å². The van der Waals surface area contributed by atoms with Crippen LogP contribution in [0.15, 0.2) is 29.2 Å². The monoisotopic (exact) mass is 283 g/mol. The Morgan fingerprint density at radius 3 is 2.00 bits per heavy atom. The minimum atomic E-state index is -3.17. The highest BCUT2D eigenvalue weighted by Gasteiger charge is 2.20. The third-order valence-corrected chi connectivity index (χ3v) is 6.00. The summed E-state index contributed by atoms with van der Waals surface area (Å²) >= 11 is 0. The van der Waals surface area contributed by atoms with Crippen molar-refractivity contribution in [3.63, 3.8) is 0 Å². The molecular weight excluding hydrogens is 258 g/mol. The molecule has 108 valence electrons. The van der Waals surface area contributed by atoms with E-state index in [4.69, 9.17) is 5.73 Å². The van der Waals surface area contributed by atoms with E-state index in [2.05, 4.69) is 13.8 Å². The summed E-state index contributed by atoms with van der Waals surface area (Å²) in [6.45, 7) is 8.43. The molecule has 2 N–H and O–H groups in total. The number of benzene rings is 1. The fourth-order valence-corrected chi connectivity index (χ4v) is 3.13. The number of rotatable bonds is 6. The molecule has 0 amide bonds. The lowest BCUT2D eigenvalue weighted by Gasteiger charge is -2.20. The van der Waals surface area contributed by atoms with E-state index in [-0.39, 0.29) is 5.25 Å². The van der Waals surface area contributed by atoms with Crippen LogP contribution in [-0.2, 0) is 9.84 Å². The molecule has 0 aliphatic carbocycles. The van der Waals surface area contributed by atoms with Crippen molar-refractivity contribution < 1.29 is 8.42 Å². The van der Waals surface area contributed by atoms with Gasteiger partial charge in [-0.1, -0.05) is 26.0 Å². The number of nitrogens with two attached hydrogens (primary N) is 1. The lowest BCUT2D eigenvalue weighted by Crippen LogP contribution is -2.15. The van der Waals surface area contributed by atoms with Gasteiger partial charge in [0.15, 0.2) is 9.84 Å². The Kier molecular flexibility index (Phi) is 5.56. The van der Waals surface area contributed by atoms with E-state index < -0.39 is 9.84 Å². The molecule has 1 rings (SSSR count). The van der Waals surface area contributed by atoms with Crippen LogP contribution in [-0.4, -0.2) is 20.2 Å². The largest absolute Gasteiger partial charge is 0.330 e. The van der Waals surface area contributed by atoms with Crippen LogP contribution in [0.5, 0.6) is 0 Å². The lowest BCUT2D eigenvalue weighted by molar-refractivity contribution is 0.459. The van der Waals surface area contributed by atoms with Crippen LogP contribution in [0.25, 0.3) is 0 Å². The maximum Gasteiger partial charge on any atom is 0.180 e. The van der Waals surface area contributed by atoms with Crippen LogP contribution in [0.4, 0.5) is 0 Å². The average molecular weight is 283 g/mol. The molecule has 0 aliphatic rings. The van der Waals surface area contributed by atoms with E-state index in [0.717, 1.165) is 6.42 Å². The Morgan fingerprint density at radius 1 is 1.05 bits per heavy atom. The predicted molar refractivity (Wildman–Crippen MR) is 80.0 cm³/mol. The molecule has 0 heterocycles. The summed E-state index contributed by atoms with van der Waals surface area (Å²) in [6.07, 6.45) is 0.979. The van der Waals surface area contributed by atoms with E-state index in [9.17, 15) is 8.42 Å². The van der Waals surface area contributed by atoms with Crippen LogP contribution >= 0.6 is 0 Å². The van der Waals surface area contributed by atoms with Gasteiger partial charge in [0.25, 0.3) is 0 Å². The van der Waals surface area contributed by atoms with Crippen molar-refractivity contribution in [3.8, 4) is 0 Å². The standard InChI is InChI=1S/C15H25NO2S/c1-11(2)19(17,18)15-7-5-14(6-8-15)13(4)12(3)9-10-16/h5-8,11-13H,9-10,16H2,1-4H3. The second-order valence-electron chi connectivity index (χ2n) is 5.51. The number of hydrogen-bond donors (Lipinski definition) is 1. The van der Waals surface area contributed by atoms with E-state index in [1.54, 1.807) is 26.0 Å². The molecule has 0 saturated heterocycles. The van der Waals surface area contributed by atoms with E-state index in [1.165, 1.54) is 5.56 Å². The Morgan fingerprint density at radius 2 is 1.58 bits per heavy atom. The zero-order valence-electron chi connectivity index (χ0n) is 12.3. The smallest absolute Gasteiger partial charge is 0.180 e. The van der Waals surface area contributed by atoms with Gasteiger partial charge in [0.2, 0.25) is 0 Å². The average Bonchev–Trinajstić information content (AvgIpc) is 2.38. The first-order chi connectivity index (χ1) is 8.80. The summed E-state index contributed by atoms with van der Waals surface area (Å²) in [5.74, 6) is 0.886. The number of sulfone groups is 1. The summed E-state index contributed by atoms with van der Waals surface area (Å²) < 4.78 is 24.1. The van der Waals surface area contributed by atoms with Crippen LogP contribution < -0.4 is 5.73 Å². The van der Waals surface area contributed by atoms with Gasteiger partial charge in [-0.2, -0.15) is 0 Å². The summed E-state index contributed by atoms with van der Waals surface area (Å²) in [7, 11) is -3.17. The highest BCUT2D eigenvalue weighted by Crippen LogP contribution is 2.27. The van der Waals surface area contributed by atoms with Gasteiger partial charge in [0.05, 0.1) is 10.1 Å². The van der Waals surface area contributed by atoms with Crippen molar-refractivity contribution in [2.45, 2.75) is 50.2 Å². The maximum atomic E-state index is 12.0. The molecule has 3 nitrogen and oxygen atoms in total. The third-order valence-electron chi connectivity index (χ3n) is 3.83. The third kappa shape index (κ3) is 3.80. The second-order valence-corrected chi connectivity index (χ2v) is 8.01. The molecule has 0 fully saturated rings. The highest BCUT2D eigenvalue weighted by molar-refractivity contribution is 7.92. The van der Waals surface area contributed by atoms with Crippen molar-refractivity contribution in [1.82, 2.24) is 0 Å². The first-order valence-electron chi connectivity index (χ1n) is 6.84. The molecule has 0 aromatic heterocycles. The van der Waals surface area contributed by atoms with Gasteiger partial charge in [-0.05, 0) is 56.3 Å². The quantitative estimate of drug-likeness (QED) is 0.873. The molecule has 0 saturated carbocycles. The van der Waals surface area contributed by atoms with Gasteiger partial charge >= 0.3 is 0 Å². The van der Waals surface area contributed by atoms with Crippen molar-refractivity contribution in [1.29, 1.82) is 0 Å². The Bertz CT molecular complexity index is 491. The molecular formula is C15H25NO2S. The van der Waals surface area contributed by atoms with Gasteiger partial charge < -0.3 is 5.73 Å². The van der Waals surface area contributed by atoms with Crippen LogP contribution in [0.1, 0.15) is 45.6 Å². The van der Waals surface area contributed by atoms with Crippen molar-refractivity contribution in [3.05, 3.63) is 29.8 Å². The van der Waals surface area contributed by atoms with Crippen molar-refractivity contribution in [2.24, 2.45) is 11.7 Å². The summed E-state index contributed by atoms with van der Waals surface area (Å²) in [5.41, 5.74) is 6.75. The van der Waals surface area contributed by atoms with Gasteiger partial charge in [0, 0.05) is 0 Å². The van der Waals surface area contributed by atoms with E-state index >= 15 is 0 Å². The molecule has 2 unspecified atom stereocenters. The molecule has 0 bridgehead atoms. The number of hydrogen-bond acceptors (Lipinski definition) is 3. The Labute approximate surface area is 117 Å². The van der Waals surface area contributed by atoms with E-state index in [0.29, 0.717) is 23.3 Å². The molecule has 1 aromatic rings. The Hall–Kier alpha value is -0.870. The van der Waals surface area contributed by atoms with Crippen LogP contribution in [0.2, 0.25) is 0 Å². The minimum absolute atomic E-state index is 0.382. The predicted octanol–water partition coefficient (Wildman–Crippen LogP) is 2.96. The molecule has 0 spiro atoms. The summed E-state index contributed by atoms with van der Waals surface area (Å²) in [6, 6.07) is 7.28. The normalized spacial score (nSPS) is 15.5. The van der Waals surface area contributed by atoms with Crippen molar-refractivity contribution >= 4 is 9.84 Å². The molecule has 19 heavy (non-hydrogen) atoms. The first-order valence-corrected chi connectivity index (χ1v) is 8.39. The van der Waals surface area contributed by atoms with Crippen molar-refractivity contribution in [2.75, 3.05) is 6.54 Å². The van der Waals surface area contributed by atoms with Gasteiger partial charge in [0.1, 0.15) is 0 Å². The summed E-state index contributed by atoms with van der Waals surface area (Å²) in [5, 5.41) is -0.382. The lowest BCUT2D eigenvalue weighted by atomic mass is 9.87. The second kappa shape index (κ2) is 6.53. The molecule has 0 aliphatic heterocycles. The van der Waals surface area contributed by atoms with Crippen LogP contribution in [0.3, 0.4) is 0 Å². The summed E-state index contributed by atoms with van der Waals surface area (Å²) in [4.78, 5) is 0.407. The maximum absolute atomic E-state index is 12.0. The topological polar surface area (TPSA) is 60.2 Å². The Balaban J connectivity index is 2.94. The van der Waals surface area contributed by atoms with Crippen LogP contribution in [0, 0.1) is 5.92 Å². The fraction of sp³-hybridized carbons (Fsp3) is 0.600. The molecule has 4 heteroatoms. The molecule has 0 radical (unpaired) electrons. The molecule has 1 aromatic carbocycles. The minimum Gasteiger partial charge on any atom is -0.330 e. The SMILES string of the molecule is CC(CCN)C(C)c1ccc(S(=O)(=O)C(C)C)cc1. The highest BCUT2D eigenvalue weighted by atomic mass is 32.2. The zero-order valence-corrected chi connectivity index (χ0v) is 13.1. The van der Waals surface area contributed by atoms with E-state index in [1.807, 2.05) is 12.1 Å².